The molecule has 0 radical (unpaired) electrons. The zero-order chi connectivity index (χ0) is 28.2. The van der Waals surface area contributed by atoms with Crippen LogP contribution in [0.4, 0.5) is 18.9 Å². The van der Waals surface area contributed by atoms with Crippen LogP contribution in [0.15, 0.2) is 72.8 Å². The van der Waals surface area contributed by atoms with E-state index < -0.39 is 11.7 Å². The van der Waals surface area contributed by atoms with Crippen LogP contribution in [0.2, 0.25) is 0 Å². The lowest BCUT2D eigenvalue weighted by Crippen LogP contribution is -2.14. The highest BCUT2D eigenvalue weighted by molar-refractivity contribution is 6.04. The number of amides is 1. The quantitative estimate of drug-likeness (QED) is 0.258. The molecule has 0 fully saturated rings. The van der Waals surface area contributed by atoms with Gasteiger partial charge in [0.15, 0.2) is 5.82 Å². The molecule has 1 N–H and O–H groups in total. The van der Waals surface area contributed by atoms with Gasteiger partial charge in [0.2, 0.25) is 0 Å². The number of carbonyl (C=O) groups excluding carboxylic acids is 1. The monoisotopic (exact) mass is 538 g/mol. The molecule has 0 atom stereocenters. The van der Waals surface area contributed by atoms with Gasteiger partial charge in [0.05, 0.1) is 17.9 Å². The third kappa shape index (κ3) is 6.83. The fourth-order valence-corrected chi connectivity index (χ4v) is 3.76. The average Bonchev–Trinajstić information content (AvgIpc) is 3.32. The number of benzene rings is 3. The van der Waals surface area contributed by atoms with Crippen molar-refractivity contribution in [1.29, 1.82) is 0 Å². The number of alkyl halides is 3. The molecule has 0 aliphatic rings. The summed E-state index contributed by atoms with van der Waals surface area (Å²) in [6.45, 7) is 6.84. The highest BCUT2D eigenvalue weighted by atomic mass is 19.4. The molecule has 10 heteroatoms. The van der Waals surface area contributed by atoms with Gasteiger partial charge in [-0.15, -0.1) is 5.10 Å². The SMILES string of the molecule is COCCOc1nc(-c2ccc(C(F)(F)F)cc2)n(-c2ccc(NC(=O)c3ccc(C(C)(C)C)cc3)cc2)n1. The molecule has 4 rings (SSSR count). The van der Waals surface area contributed by atoms with Gasteiger partial charge in [-0.1, -0.05) is 45.0 Å². The third-order valence-electron chi connectivity index (χ3n) is 5.96. The molecule has 1 amide bonds. The summed E-state index contributed by atoms with van der Waals surface area (Å²) >= 11 is 0. The Kier molecular flexibility index (Phi) is 8.06. The smallest absolute Gasteiger partial charge is 0.416 e. The second-order valence-electron chi connectivity index (χ2n) is 9.87. The molecule has 7 nitrogen and oxygen atoms in total. The summed E-state index contributed by atoms with van der Waals surface area (Å²) < 4.78 is 51.1. The number of halogens is 3. The summed E-state index contributed by atoms with van der Waals surface area (Å²) in [4.78, 5) is 17.1. The van der Waals surface area contributed by atoms with E-state index >= 15 is 0 Å². The third-order valence-corrected chi connectivity index (χ3v) is 5.96. The maximum absolute atomic E-state index is 13.0. The highest BCUT2D eigenvalue weighted by Crippen LogP contribution is 2.32. The van der Waals surface area contributed by atoms with Crippen LogP contribution in [0, 0.1) is 0 Å². The van der Waals surface area contributed by atoms with Gasteiger partial charge < -0.3 is 14.8 Å². The number of nitrogens with one attached hydrogen (secondary N) is 1. The Hall–Kier alpha value is -4.18. The fraction of sp³-hybridized carbons (Fsp3) is 0.276. The molecule has 39 heavy (non-hydrogen) atoms. The van der Waals surface area contributed by atoms with Gasteiger partial charge in [-0.2, -0.15) is 18.2 Å². The van der Waals surface area contributed by atoms with Crippen molar-refractivity contribution < 1.29 is 27.4 Å². The number of nitrogens with zero attached hydrogens (tertiary/aromatic N) is 3. The van der Waals surface area contributed by atoms with Gasteiger partial charge >= 0.3 is 12.2 Å². The van der Waals surface area contributed by atoms with Crippen molar-refractivity contribution in [3.63, 3.8) is 0 Å². The average molecular weight is 539 g/mol. The van der Waals surface area contributed by atoms with Crippen molar-refractivity contribution in [2.24, 2.45) is 0 Å². The van der Waals surface area contributed by atoms with Gasteiger partial charge in [0.25, 0.3) is 5.91 Å². The van der Waals surface area contributed by atoms with Crippen molar-refractivity contribution >= 4 is 11.6 Å². The number of hydrogen-bond donors (Lipinski definition) is 1. The number of methoxy groups -OCH3 is 1. The van der Waals surface area contributed by atoms with Gasteiger partial charge in [-0.05, 0) is 59.5 Å². The number of aromatic nitrogens is 3. The molecule has 0 saturated heterocycles. The first kappa shape index (κ1) is 27.8. The molecule has 0 unspecified atom stereocenters. The number of rotatable bonds is 8. The summed E-state index contributed by atoms with van der Waals surface area (Å²) in [5.74, 6) is 0.0510. The van der Waals surface area contributed by atoms with Crippen LogP contribution >= 0.6 is 0 Å². The summed E-state index contributed by atoms with van der Waals surface area (Å²) in [6, 6.07) is 19.0. The Labute approximate surface area is 224 Å². The normalized spacial score (nSPS) is 11.9. The molecular weight excluding hydrogens is 509 g/mol. The Morgan fingerprint density at radius 1 is 0.872 bits per heavy atom. The lowest BCUT2D eigenvalue weighted by atomic mass is 9.87. The lowest BCUT2D eigenvalue weighted by molar-refractivity contribution is -0.137. The van der Waals surface area contributed by atoms with E-state index in [1.807, 2.05) is 12.1 Å². The molecule has 3 aromatic carbocycles. The van der Waals surface area contributed by atoms with Crippen molar-refractivity contribution in [2.75, 3.05) is 25.6 Å². The van der Waals surface area contributed by atoms with Crippen molar-refractivity contribution in [2.45, 2.75) is 32.4 Å². The number of carbonyl (C=O) groups is 1. The van der Waals surface area contributed by atoms with E-state index in [0.717, 1.165) is 17.7 Å². The first-order valence-electron chi connectivity index (χ1n) is 12.2. The van der Waals surface area contributed by atoms with Crippen LogP contribution < -0.4 is 10.1 Å². The van der Waals surface area contributed by atoms with E-state index in [2.05, 4.69) is 36.2 Å². The van der Waals surface area contributed by atoms with Crippen molar-refractivity contribution in [1.82, 2.24) is 14.8 Å². The summed E-state index contributed by atoms with van der Waals surface area (Å²) in [5, 5.41) is 7.26. The van der Waals surface area contributed by atoms with Crippen LogP contribution in [-0.4, -0.2) is 41.0 Å². The van der Waals surface area contributed by atoms with Gasteiger partial charge in [-0.3, -0.25) is 4.79 Å². The van der Waals surface area contributed by atoms with Crippen LogP contribution in [0.1, 0.15) is 42.3 Å². The Morgan fingerprint density at radius 3 is 2.05 bits per heavy atom. The minimum atomic E-state index is -4.45. The fourth-order valence-electron chi connectivity index (χ4n) is 3.76. The predicted molar refractivity (Wildman–Crippen MR) is 142 cm³/mol. The van der Waals surface area contributed by atoms with E-state index in [0.29, 0.717) is 34.9 Å². The maximum Gasteiger partial charge on any atom is 0.416 e. The van der Waals surface area contributed by atoms with Crippen molar-refractivity contribution in [3.8, 4) is 23.1 Å². The molecule has 0 spiro atoms. The topological polar surface area (TPSA) is 78.3 Å². The molecule has 4 aromatic rings. The van der Waals surface area contributed by atoms with Gasteiger partial charge in [-0.25, -0.2) is 4.68 Å². The molecular formula is C29H29F3N4O3. The highest BCUT2D eigenvalue weighted by Gasteiger charge is 2.30. The minimum absolute atomic E-state index is 0.0138. The predicted octanol–water partition coefficient (Wildman–Crippen LogP) is 6.53. The standard InChI is InChI=1S/C29H29F3N4O3/c1-28(2,3)21-9-7-20(8-10-21)26(37)33-23-13-15-24(16-14-23)36-25(34-27(35-36)39-18-17-38-4)19-5-11-22(12-6-19)29(30,31)32/h5-16H,17-18H2,1-4H3,(H,33,37). The molecule has 0 saturated carbocycles. The first-order valence-corrected chi connectivity index (χ1v) is 12.2. The number of ether oxygens (including phenoxy) is 2. The van der Waals surface area contributed by atoms with Crippen LogP contribution in [0.25, 0.3) is 17.1 Å². The van der Waals surface area contributed by atoms with Crippen molar-refractivity contribution in [3.05, 3.63) is 89.5 Å². The molecule has 0 bridgehead atoms. The second-order valence-corrected chi connectivity index (χ2v) is 9.87. The minimum Gasteiger partial charge on any atom is -0.460 e. The van der Waals surface area contributed by atoms with E-state index in [4.69, 9.17) is 9.47 Å². The molecule has 1 aromatic heterocycles. The van der Waals surface area contributed by atoms with Gasteiger partial charge in [0.1, 0.15) is 6.61 Å². The van der Waals surface area contributed by atoms with Crippen LogP contribution in [-0.2, 0) is 16.3 Å². The summed E-state index contributed by atoms with van der Waals surface area (Å²) in [7, 11) is 1.53. The van der Waals surface area contributed by atoms with Crippen LogP contribution in [0.3, 0.4) is 0 Å². The number of anilines is 1. The zero-order valence-electron chi connectivity index (χ0n) is 22.0. The second kappa shape index (κ2) is 11.3. The largest absolute Gasteiger partial charge is 0.460 e. The Bertz CT molecular complexity index is 1410. The molecule has 0 aliphatic carbocycles. The Balaban J connectivity index is 1.57. The Morgan fingerprint density at radius 2 is 1.49 bits per heavy atom. The van der Waals surface area contributed by atoms with Crippen LogP contribution in [0.5, 0.6) is 6.01 Å². The van der Waals surface area contributed by atoms with E-state index in [-0.39, 0.29) is 23.9 Å². The van der Waals surface area contributed by atoms with E-state index in [1.54, 1.807) is 36.4 Å². The lowest BCUT2D eigenvalue weighted by Gasteiger charge is -2.19. The molecule has 1 heterocycles. The molecule has 204 valence electrons. The first-order chi connectivity index (χ1) is 18.5. The zero-order valence-corrected chi connectivity index (χ0v) is 22.0. The summed E-state index contributed by atoms with van der Waals surface area (Å²) in [6.07, 6.45) is -4.45. The summed E-state index contributed by atoms with van der Waals surface area (Å²) in [5.41, 5.74) is 2.45. The number of hydrogen-bond acceptors (Lipinski definition) is 5. The van der Waals surface area contributed by atoms with E-state index in [1.165, 1.54) is 23.9 Å². The maximum atomic E-state index is 13.0. The van der Waals surface area contributed by atoms with Gasteiger partial charge in [0, 0.05) is 23.9 Å². The van der Waals surface area contributed by atoms with E-state index in [9.17, 15) is 18.0 Å². The molecule has 0 aliphatic heterocycles.